The molecule has 1 heterocycles. The number of rotatable bonds is 9. The fraction of sp³-hybridized carbons (Fsp3) is 0.382. The van der Waals surface area contributed by atoms with E-state index in [-0.39, 0.29) is 42.5 Å². The van der Waals surface area contributed by atoms with Crippen molar-refractivity contribution < 1.29 is 37.8 Å². The van der Waals surface area contributed by atoms with Crippen LogP contribution < -0.4 is 14.5 Å². The Bertz CT molecular complexity index is 1490. The number of carboxylic acid groups (broad SMARTS) is 1. The molecule has 2 unspecified atom stereocenters. The zero-order valence-corrected chi connectivity index (χ0v) is 27.3. The van der Waals surface area contributed by atoms with Gasteiger partial charge in [-0.2, -0.15) is 0 Å². The molecule has 0 radical (unpaired) electrons. The Labute approximate surface area is 264 Å². The molecule has 1 aliphatic rings. The molecule has 3 aromatic carbocycles. The number of ether oxygens (including phenoxy) is 2. The topological polar surface area (TPSA) is 114 Å². The summed E-state index contributed by atoms with van der Waals surface area (Å²) in [6, 6.07) is 18.8. The molecule has 9 nitrogen and oxygen atoms in total. The van der Waals surface area contributed by atoms with Gasteiger partial charge < -0.3 is 29.2 Å². The first-order valence-corrected chi connectivity index (χ1v) is 17.9. The monoisotopic (exact) mass is 636 g/mol. The summed E-state index contributed by atoms with van der Waals surface area (Å²) in [5, 5.41) is 12.6. The third-order valence-electron chi connectivity index (χ3n) is 8.32. The average molecular weight is 637 g/mol. The number of carbonyl (C=O) groups is 3. The van der Waals surface area contributed by atoms with E-state index in [1.54, 1.807) is 24.3 Å². The lowest BCUT2D eigenvalue weighted by atomic mass is 10.1. The molecule has 0 bridgehead atoms. The van der Waals surface area contributed by atoms with Crippen LogP contribution in [0.4, 0.5) is 9.18 Å². The quantitative estimate of drug-likeness (QED) is 0.194. The minimum absolute atomic E-state index is 0.00526. The number of carbonyl (C=O) groups excluding carboxylic acids is 2. The standard InChI is InChI=1S/C34H41FN2O7Si/c1-34(2,3)45(4,5)44-26-16-13-24(14-17-26)31(38)36-28-21-37(33(40)41)19-9-12-30(28)43-32(39)27-20-25(35)15-18-29(27)42-22-23-10-7-6-8-11-23/h6-8,10-11,13-18,20,28,30H,9,12,19,21-22H2,1-5H3,(H,36,38)(H,40,41). The molecule has 45 heavy (non-hydrogen) atoms. The van der Waals surface area contributed by atoms with Crippen LogP contribution in [0.15, 0.2) is 72.8 Å². The van der Waals surface area contributed by atoms with E-state index in [0.29, 0.717) is 17.7 Å². The Balaban J connectivity index is 1.51. The summed E-state index contributed by atoms with van der Waals surface area (Å²) in [5.74, 6) is -1.12. The van der Waals surface area contributed by atoms with E-state index < -0.39 is 44.3 Å². The molecule has 11 heteroatoms. The van der Waals surface area contributed by atoms with Crippen LogP contribution >= 0.6 is 0 Å². The van der Waals surface area contributed by atoms with Gasteiger partial charge in [-0.15, -0.1) is 0 Å². The van der Waals surface area contributed by atoms with Crippen molar-refractivity contribution in [2.24, 2.45) is 0 Å². The minimum Gasteiger partial charge on any atom is -0.544 e. The van der Waals surface area contributed by atoms with Gasteiger partial charge in [-0.3, -0.25) is 4.79 Å². The summed E-state index contributed by atoms with van der Waals surface area (Å²) in [5.41, 5.74) is 1.10. The number of halogens is 1. The smallest absolute Gasteiger partial charge is 0.407 e. The molecule has 0 saturated carbocycles. The van der Waals surface area contributed by atoms with Crippen LogP contribution in [0.25, 0.3) is 0 Å². The maximum absolute atomic E-state index is 14.3. The number of benzene rings is 3. The SMILES string of the molecule is CC(C)(C)[Si](C)(C)Oc1ccc(C(=O)NC2CN(C(=O)O)CCCC2OC(=O)c2cc(F)ccc2OCc2ccccc2)cc1. The van der Waals surface area contributed by atoms with E-state index in [0.717, 1.165) is 11.6 Å². The molecule has 1 saturated heterocycles. The minimum atomic E-state index is -2.08. The van der Waals surface area contributed by atoms with Crippen LogP contribution in [0.3, 0.4) is 0 Å². The first-order chi connectivity index (χ1) is 21.2. The van der Waals surface area contributed by atoms with Gasteiger partial charge in [0, 0.05) is 18.7 Å². The highest BCUT2D eigenvalue weighted by atomic mass is 28.4. The predicted octanol–water partition coefficient (Wildman–Crippen LogP) is 6.89. The lowest BCUT2D eigenvalue weighted by molar-refractivity contribution is 0.0174. The van der Waals surface area contributed by atoms with E-state index in [1.807, 2.05) is 30.3 Å². The van der Waals surface area contributed by atoms with Gasteiger partial charge in [-0.25, -0.2) is 14.0 Å². The molecule has 1 aliphatic heterocycles. The molecule has 240 valence electrons. The van der Waals surface area contributed by atoms with Crippen molar-refractivity contribution in [2.45, 2.75) is 70.5 Å². The molecule has 2 atom stereocenters. The zero-order chi connectivity index (χ0) is 32.8. The van der Waals surface area contributed by atoms with Crippen molar-refractivity contribution in [3.8, 4) is 11.5 Å². The van der Waals surface area contributed by atoms with Crippen LogP contribution in [-0.4, -0.2) is 61.5 Å². The summed E-state index contributed by atoms with van der Waals surface area (Å²) in [6.07, 6.45) is -1.33. The van der Waals surface area contributed by atoms with Crippen molar-refractivity contribution >= 4 is 26.3 Å². The summed E-state index contributed by atoms with van der Waals surface area (Å²) in [7, 11) is -2.08. The largest absolute Gasteiger partial charge is 0.544 e. The van der Waals surface area contributed by atoms with E-state index in [2.05, 4.69) is 39.2 Å². The molecule has 0 aromatic heterocycles. The Kier molecular flexibility index (Phi) is 10.5. The van der Waals surface area contributed by atoms with Crippen molar-refractivity contribution in [1.29, 1.82) is 0 Å². The number of nitrogens with zero attached hydrogens (tertiary/aromatic N) is 1. The molecule has 2 amide bonds. The molecule has 1 fully saturated rings. The summed E-state index contributed by atoms with van der Waals surface area (Å²) < 4.78 is 32.3. The third kappa shape index (κ3) is 8.84. The highest BCUT2D eigenvalue weighted by molar-refractivity contribution is 6.74. The second kappa shape index (κ2) is 14.1. The zero-order valence-electron chi connectivity index (χ0n) is 26.3. The second-order valence-corrected chi connectivity index (χ2v) is 17.4. The lowest BCUT2D eigenvalue weighted by Crippen LogP contribution is -2.51. The van der Waals surface area contributed by atoms with Gasteiger partial charge in [0.15, 0.2) is 0 Å². The van der Waals surface area contributed by atoms with Gasteiger partial charge in [-0.1, -0.05) is 51.1 Å². The summed E-state index contributed by atoms with van der Waals surface area (Å²) in [6.45, 7) is 11.0. The number of esters is 1. The highest BCUT2D eigenvalue weighted by Gasteiger charge is 2.39. The Hall–Kier alpha value is -4.38. The normalized spacial score (nSPS) is 17.2. The fourth-order valence-corrected chi connectivity index (χ4v) is 5.71. The number of amides is 2. The third-order valence-corrected chi connectivity index (χ3v) is 12.7. The Morgan fingerprint density at radius 1 is 1.02 bits per heavy atom. The van der Waals surface area contributed by atoms with Crippen molar-refractivity contribution in [3.63, 3.8) is 0 Å². The number of likely N-dealkylation sites (tertiary alicyclic amines) is 1. The first-order valence-electron chi connectivity index (χ1n) is 15.0. The van der Waals surface area contributed by atoms with Gasteiger partial charge in [0.05, 0.1) is 6.04 Å². The van der Waals surface area contributed by atoms with Crippen LogP contribution in [0, 0.1) is 5.82 Å². The summed E-state index contributed by atoms with van der Waals surface area (Å²) in [4.78, 5) is 39.9. The highest BCUT2D eigenvalue weighted by Crippen LogP contribution is 2.37. The Morgan fingerprint density at radius 2 is 1.71 bits per heavy atom. The molecule has 0 spiro atoms. The van der Waals surface area contributed by atoms with Gasteiger partial charge in [0.1, 0.15) is 35.6 Å². The van der Waals surface area contributed by atoms with Crippen molar-refractivity contribution in [3.05, 3.63) is 95.3 Å². The van der Waals surface area contributed by atoms with Gasteiger partial charge in [0.2, 0.25) is 8.32 Å². The van der Waals surface area contributed by atoms with Gasteiger partial charge >= 0.3 is 12.1 Å². The molecular formula is C34H41FN2O7Si. The van der Waals surface area contributed by atoms with Gasteiger partial charge in [-0.05, 0) is 79.0 Å². The van der Waals surface area contributed by atoms with Gasteiger partial charge in [0.25, 0.3) is 5.91 Å². The molecular weight excluding hydrogens is 595 g/mol. The number of nitrogens with one attached hydrogen (secondary N) is 1. The summed E-state index contributed by atoms with van der Waals surface area (Å²) >= 11 is 0. The predicted molar refractivity (Wildman–Crippen MR) is 171 cm³/mol. The van der Waals surface area contributed by atoms with E-state index in [4.69, 9.17) is 13.9 Å². The first kappa shape index (κ1) is 33.5. The second-order valence-electron chi connectivity index (χ2n) is 12.7. The van der Waals surface area contributed by atoms with Crippen LogP contribution in [-0.2, 0) is 11.3 Å². The maximum atomic E-state index is 14.3. The van der Waals surface area contributed by atoms with E-state index >= 15 is 0 Å². The van der Waals surface area contributed by atoms with E-state index in [1.165, 1.54) is 17.0 Å². The number of hydrogen-bond donors (Lipinski definition) is 2. The maximum Gasteiger partial charge on any atom is 0.407 e. The van der Waals surface area contributed by atoms with Crippen LogP contribution in [0.2, 0.25) is 18.1 Å². The number of hydrogen-bond acceptors (Lipinski definition) is 6. The molecule has 2 N–H and O–H groups in total. The van der Waals surface area contributed by atoms with Crippen molar-refractivity contribution in [2.75, 3.05) is 13.1 Å². The van der Waals surface area contributed by atoms with Crippen LogP contribution in [0.1, 0.15) is 59.9 Å². The average Bonchev–Trinajstić information content (AvgIpc) is 3.18. The lowest BCUT2D eigenvalue weighted by Gasteiger charge is -2.36. The molecule has 3 aromatic rings. The van der Waals surface area contributed by atoms with Crippen LogP contribution in [0.5, 0.6) is 11.5 Å². The van der Waals surface area contributed by atoms with E-state index in [9.17, 15) is 23.9 Å². The Morgan fingerprint density at radius 3 is 2.36 bits per heavy atom. The van der Waals surface area contributed by atoms with Crippen molar-refractivity contribution in [1.82, 2.24) is 10.2 Å². The fourth-order valence-electron chi connectivity index (χ4n) is 4.68. The molecule has 0 aliphatic carbocycles. The molecule has 4 rings (SSSR count).